The molecule has 6 heteroatoms. The zero-order valence-corrected chi connectivity index (χ0v) is 14.0. The molecule has 0 bridgehead atoms. The Bertz CT molecular complexity index is 843. The molecule has 0 aliphatic carbocycles. The van der Waals surface area contributed by atoms with Crippen LogP contribution in [0.3, 0.4) is 0 Å². The molecule has 0 fully saturated rings. The third-order valence-electron chi connectivity index (χ3n) is 3.61. The van der Waals surface area contributed by atoms with E-state index < -0.39 is 0 Å². The van der Waals surface area contributed by atoms with Crippen LogP contribution in [0.4, 0.5) is 0 Å². The molecule has 0 unspecified atom stereocenters. The molecule has 0 amide bonds. The Hall–Kier alpha value is -2.08. The van der Waals surface area contributed by atoms with Gasteiger partial charge in [-0.05, 0) is 47.4 Å². The number of nitrogens with two attached hydrogens (primary N) is 1. The van der Waals surface area contributed by atoms with Crippen LogP contribution in [0.2, 0.25) is 5.02 Å². The zero-order chi connectivity index (χ0) is 16.2. The standard InChI is InChI=1S/C17H17ClN4S/c18-14-6-3-4-12(8-14)11-22-15(10-20-21-17(19)23)9-13-5-1-2-7-16(13)22/h1-9,20H,10-11H2,(H3,19,21,23). The summed E-state index contributed by atoms with van der Waals surface area (Å²) in [5.74, 6) is 0. The number of halogens is 1. The van der Waals surface area contributed by atoms with E-state index in [9.17, 15) is 0 Å². The maximum absolute atomic E-state index is 6.10. The van der Waals surface area contributed by atoms with Crippen molar-refractivity contribution in [3.63, 3.8) is 0 Å². The van der Waals surface area contributed by atoms with Gasteiger partial charge in [-0.3, -0.25) is 5.43 Å². The summed E-state index contributed by atoms with van der Waals surface area (Å²) in [4.78, 5) is 0. The van der Waals surface area contributed by atoms with Gasteiger partial charge in [-0.2, -0.15) is 0 Å². The molecule has 1 heterocycles. The van der Waals surface area contributed by atoms with E-state index in [0.717, 1.165) is 22.8 Å². The third-order valence-corrected chi connectivity index (χ3v) is 3.94. The van der Waals surface area contributed by atoms with E-state index in [1.165, 1.54) is 10.9 Å². The number of hydrogen-bond donors (Lipinski definition) is 3. The number of benzene rings is 2. The first-order valence-electron chi connectivity index (χ1n) is 7.23. The van der Waals surface area contributed by atoms with Crippen LogP contribution >= 0.6 is 23.8 Å². The van der Waals surface area contributed by atoms with E-state index in [4.69, 9.17) is 29.6 Å². The van der Waals surface area contributed by atoms with E-state index in [-0.39, 0.29) is 5.11 Å². The minimum Gasteiger partial charge on any atom is -0.375 e. The van der Waals surface area contributed by atoms with Crippen molar-refractivity contribution in [3.05, 3.63) is 70.9 Å². The van der Waals surface area contributed by atoms with Gasteiger partial charge in [-0.15, -0.1) is 0 Å². The van der Waals surface area contributed by atoms with Gasteiger partial charge in [-0.1, -0.05) is 41.9 Å². The number of nitrogens with one attached hydrogen (secondary N) is 2. The first-order chi connectivity index (χ1) is 11.1. The van der Waals surface area contributed by atoms with Gasteiger partial charge in [0.15, 0.2) is 5.11 Å². The molecule has 3 rings (SSSR count). The van der Waals surface area contributed by atoms with Crippen molar-refractivity contribution in [2.75, 3.05) is 0 Å². The van der Waals surface area contributed by atoms with E-state index in [2.05, 4.69) is 39.7 Å². The van der Waals surface area contributed by atoms with Crippen molar-refractivity contribution >= 4 is 39.8 Å². The lowest BCUT2D eigenvalue weighted by atomic mass is 10.2. The molecule has 0 spiro atoms. The number of fused-ring (bicyclic) bond motifs is 1. The molecule has 118 valence electrons. The van der Waals surface area contributed by atoms with Gasteiger partial charge in [-0.25, -0.2) is 5.43 Å². The highest BCUT2D eigenvalue weighted by atomic mass is 35.5. The maximum atomic E-state index is 6.10. The molecule has 0 aliphatic rings. The van der Waals surface area contributed by atoms with Crippen molar-refractivity contribution < 1.29 is 0 Å². The van der Waals surface area contributed by atoms with Crippen molar-refractivity contribution in [2.24, 2.45) is 5.73 Å². The topological polar surface area (TPSA) is 55.0 Å². The summed E-state index contributed by atoms with van der Waals surface area (Å²) in [5, 5.41) is 2.16. The van der Waals surface area contributed by atoms with Gasteiger partial charge in [0.2, 0.25) is 0 Å². The van der Waals surface area contributed by atoms with Crippen LogP contribution in [0, 0.1) is 0 Å². The second-order valence-corrected chi connectivity index (χ2v) is 6.13. The molecule has 0 aliphatic heterocycles. The highest BCUT2D eigenvalue weighted by molar-refractivity contribution is 7.80. The summed E-state index contributed by atoms with van der Waals surface area (Å²) in [6, 6.07) is 18.4. The molecule has 0 radical (unpaired) electrons. The van der Waals surface area contributed by atoms with E-state index in [1.807, 2.05) is 30.3 Å². The lowest BCUT2D eigenvalue weighted by Gasteiger charge is -2.12. The molecule has 2 aromatic carbocycles. The summed E-state index contributed by atoms with van der Waals surface area (Å²) in [6.07, 6.45) is 0. The lowest BCUT2D eigenvalue weighted by Crippen LogP contribution is -2.40. The van der Waals surface area contributed by atoms with Crippen LogP contribution in [0.5, 0.6) is 0 Å². The number of aromatic nitrogens is 1. The molecule has 0 saturated carbocycles. The molecule has 1 aromatic heterocycles. The van der Waals surface area contributed by atoms with Crippen LogP contribution in [0.25, 0.3) is 10.9 Å². The predicted molar refractivity (Wildman–Crippen MR) is 99.3 cm³/mol. The summed E-state index contributed by atoms with van der Waals surface area (Å²) in [7, 11) is 0. The number of nitrogens with zero attached hydrogens (tertiary/aromatic N) is 1. The summed E-state index contributed by atoms with van der Waals surface area (Å²) in [6.45, 7) is 1.35. The van der Waals surface area contributed by atoms with Crippen LogP contribution < -0.4 is 16.6 Å². The number of rotatable bonds is 5. The van der Waals surface area contributed by atoms with Gasteiger partial charge >= 0.3 is 0 Å². The lowest BCUT2D eigenvalue weighted by molar-refractivity contribution is 0.617. The Morgan fingerprint density at radius 2 is 1.96 bits per heavy atom. The average molecular weight is 345 g/mol. The van der Waals surface area contributed by atoms with Gasteiger partial charge in [0.25, 0.3) is 0 Å². The summed E-state index contributed by atoms with van der Waals surface area (Å²) in [5.41, 5.74) is 14.7. The Balaban J connectivity index is 1.93. The molecular weight excluding hydrogens is 328 g/mol. The number of para-hydroxylation sites is 1. The summed E-state index contributed by atoms with van der Waals surface area (Å²) < 4.78 is 2.26. The maximum Gasteiger partial charge on any atom is 0.178 e. The van der Waals surface area contributed by atoms with Crippen molar-refractivity contribution in [1.29, 1.82) is 0 Å². The Kier molecular flexibility index (Phi) is 4.81. The van der Waals surface area contributed by atoms with E-state index >= 15 is 0 Å². The van der Waals surface area contributed by atoms with Gasteiger partial charge in [0, 0.05) is 22.8 Å². The highest BCUT2D eigenvalue weighted by Crippen LogP contribution is 2.22. The zero-order valence-electron chi connectivity index (χ0n) is 12.4. The molecule has 4 N–H and O–H groups in total. The smallest absolute Gasteiger partial charge is 0.178 e. The number of thiocarbonyl (C=S) groups is 1. The monoisotopic (exact) mass is 344 g/mol. The van der Waals surface area contributed by atoms with Crippen LogP contribution in [-0.2, 0) is 13.1 Å². The van der Waals surface area contributed by atoms with Gasteiger partial charge < -0.3 is 10.3 Å². The Labute approximate surface area is 145 Å². The molecule has 0 atom stereocenters. The minimum atomic E-state index is 0.225. The normalized spacial score (nSPS) is 10.8. The SMILES string of the molecule is NC(=S)NNCc1cc2ccccc2n1Cc1cccc(Cl)c1. The second kappa shape index (κ2) is 7.00. The van der Waals surface area contributed by atoms with E-state index in [0.29, 0.717) is 6.54 Å². The van der Waals surface area contributed by atoms with Crippen LogP contribution in [0.1, 0.15) is 11.3 Å². The second-order valence-electron chi connectivity index (χ2n) is 5.25. The molecular formula is C17H17ClN4S. The Morgan fingerprint density at radius 1 is 1.13 bits per heavy atom. The first-order valence-corrected chi connectivity index (χ1v) is 8.02. The fourth-order valence-corrected chi connectivity index (χ4v) is 2.93. The predicted octanol–water partition coefficient (Wildman–Crippen LogP) is 3.18. The largest absolute Gasteiger partial charge is 0.375 e. The fourth-order valence-electron chi connectivity index (χ4n) is 2.64. The third kappa shape index (κ3) is 3.82. The Morgan fingerprint density at radius 3 is 2.74 bits per heavy atom. The van der Waals surface area contributed by atoms with Crippen molar-refractivity contribution in [1.82, 2.24) is 15.4 Å². The molecule has 23 heavy (non-hydrogen) atoms. The highest BCUT2D eigenvalue weighted by Gasteiger charge is 2.09. The summed E-state index contributed by atoms with van der Waals surface area (Å²) >= 11 is 10.9. The van der Waals surface area contributed by atoms with Crippen molar-refractivity contribution in [2.45, 2.75) is 13.1 Å². The molecule has 0 saturated heterocycles. The molecule has 3 aromatic rings. The van der Waals surface area contributed by atoms with Crippen molar-refractivity contribution in [3.8, 4) is 0 Å². The van der Waals surface area contributed by atoms with Gasteiger partial charge in [0.1, 0.15) is 0 Å². The molecule has 4 nitrogen and oxygen atoms in total. The average Bonchev–Trinajstić information content (AvgIpc) is 2.85. The number of hydrazine groups is 1. The minimum absolute atomic E-state index is 0.225. The van der Waals surface area contributed by atoms with Gasteiger partial charge in [0.05, 0.1) is 6.54 Å². The number of hydrogen-bond acceptors (Lipinski definition) is 2. The van der Waals surface area contributed by atoms with E-state index in [1.54, 1.807) is 0 Å². The fraction of sp³-hybridized carbons (Fsp3) is 0.118. The van der Waals surface area contributed by atoms with Crippen LogP contribution in [0.15, 0.2) is 54.6 Å². The van der Waals surface area contributed by atoms with Crippen LogP contribution in [-0.4, -0.2) is 9.68 Å². The quantitative estimate of drug-likeness (QED) is 0.491. The first kappa shape index (κ1) is 15.8.